The summed E-state index contributed by atoms with van der Waals surface area (Å²) < 4.78 is 0. The Bertz CT molecular complexity index is 659. The van der Waals surface area contributed by atoms with Gasteiger partial charge < -0.3 is 10.4 Å². The van der Waals surface area contributed by atoms with Crippen LogP contribution in [0.1, 0.15) is 5.56 Å². The van der Waals surface area contributed by atoms with Gasteiger partial charge in [-0.15, -0.1) is 0 Å². The molecule has 0 fully saturated rings. The van der Waals surface area contributed by atoms with E-state index >= 15 is 0 Å². The highest BCUT2D eigenvalue weighted by Gasteiger charge is 2.29. The third-order valence-corrected chi connectivity index (χ3v) is 4.16. The van der Waals surface area contributed by atoms with Gasteiger partial charge in [-0.05, 0) is 23.8 Å². The van der Waals surface area contributed by atoms with Crippen LogP contribution >= 0.6 is 11.8 Å². The van der Waals surface area contributed by atoms with Crippen molar-refractivity contribution in [3.63, 3.8) is 0 Å². The van der Waals surface area contributed by atoms with Gasteiger partial charge in [0.15, 0.2) is 5.17 Å². The minimum absolute atomic E-state index is 0.0148. The Kier molecular flexibility index (Phi) is 3.54. The first-order chi connectivity index (χ1) is 9.78. The number of aliphatic hydroxyl groups is 1. The lowest BCUT2D eigenvalue weighted by Crippen LogP contribution is -2.15. The van der Waals surface area contributed by atoms with Crippen LogP contribution in [0.3, 0.4) is 0 Å². The Hall–Kier alpha value is -2.10. The molecule has 0 bridgehead atoms. The number of allylic oxidation sites excluding steroid dienone is 2. The van der Waals surface area contributed by atoms with E-state index in [4.69, 9.17) is 10.4 Å². The number of aliphatic hydroxyl groups excluding tert-OH is 1. The molecule has 0 amide bonds. The fourth-order valence-corrected chi connectivity index (χ4v) is 3.15. The van der Waals surface area contributed by atoms with Crippen molar-refractivity contribution in [2.24, 2.45) is 4.99 Å². The molecule has 100 valence electrons. The van der Waals surface area contributed by atoms with Crippen LogP contribution in [0.25, 0.3) is 0 Å². The molecule has 3 rings (SSSR count). The Morgan fingerprint density at radius 1 is 1.50 bits per heavy atom. The number of hydrogen-bond acceptors (Lipinski definition) is 6. The topological polar surface area (TPSA) is 81.3 Å². The van der Waals surface area contributed by atoms with Crippen LogP contribution in [0, 0.1) is 11.3 Å². The number of hydrogen-bond donors (Lipinski definition) is 2. The maximum absolute atomic E-state index is 9.11. The van der Waals surface area contributed by atoms with Crippen molar-refractivity contribution in [2.45, 2.75) is 17.9 Å². The van der Waals surface area contributed by atoms with Crippen LogP contribution in [-0.4, -0.2) is 26.5 Å². The van der Waals surface area contributed by atoms with E-state index < -0.39 is 0 Å². The second-order valence-corrected chi connectivity index (χ2v) is 5.60. The summed E-state index contributed by atoms with van der Waals surface area (Å²) in [5, 5.41) is 22.1. The highest BCUT2D eigenvalue weighted by atomic mass is 32.2. The molecule has 0 saturated carbocycles. The van der Waals surface area contributed by atoms with Crippen molar-refractivity contribution >= 4 is 22.7 Å². The monoisotopic (exact) mass is 284 g/mol. The minimum Gasteiger partial charge on any atom is -0.392 e. The first-order valence-electron chi connectivity index (χ1n) is 6.16. The molecule has 2 unspecified atom stereocenters. The van der Waals surface area contributed by atoms with Crippen LogP contribution in [0.5, 0.6) is 0 Å². The third-order valence-electron chi connectivity index (χ3n) is 3.04. The molecule has 0 spiro atoms. The first-order valence-corrected chi connectivity index (χ1v) is 7.04. The Morgan fingerprint density at radius 3 is 3.20 bits per heavy atom. The number of anilines is 1. The average molecular weight is 284 g/mol. The maximum Gasteiger partial charge on any atom is 0.163 e. The van der Waals surface area contributed by atoms with Gasteiger partial charge in [-0.2, -0.15) is 5.26 Å². The van der Waals surface area contributed by atoms with Crippen LogP contribution in [0.15, 0.2) is 47.1 Å². The van der Waals surface area contributed by atoms with Gasteiger partial charge in [0.25, 0.3) is 0 Å². The molecule has 0 radical (unpaired) electrons. The number of nitrogens with zero attached hydrogens (tertiary/aromatic N) is 3. The summed E-state index contributed by atoms with van der Waals surface area (Å²) >= 11 is 1.58. The normalized spacial score (nSPS) is 23.6. The van der Waals surface area contributed by atoms with Crippen LogP contribution in [-0.2, 0) is 6.61 Å². The van der Waals surface area contributed by atoms with Crippen LogP contribution in [0.4, 0.5) is 5.82 Å². The molecular formula is C14H12N4OS. The van der Waals surface area contributed by atoms with Crippen molar-refractivity contribution in [3.05, 3.63) is 47.7 Å². The van der Waals surface area contributed by atoms with Gasteiger partial charge in [-0.3, -0.25) is 4.99 Å². The molecular weight excluding hydrogens is 272 g/mol. The molecule has 2 aliphatic rings. The maximum atomic E-state index is 9.11. The molecule has 2 N–H and O–H groups in total. The zero-order chi connectivity index (χ0) is 13.9. The second kappa shape index (κ2) is 5.49. The molecule has 1 aromatic rings. The van der Waals surface area contributed by atoms with E-state index in [-0.39, 0.29) is 17.9 Å². The number of rotatable bonds is 2. The van der Waals surface area contributed by atoms with E-state index in [0.717, 1.165) is 10.7 Å². The number of pyridine rings is 1. The van der Waals surface area contributed by atoms with Gasteiger partial charge in [0, 0.05) is 11.8 Å². The Morgan fingerprint density at radius 2 is 2.40 bits per heavy atom. The summed E-state index contributed by atoms with van der Waals surface area (Å²) in [5.74, 6) is 0.662. The predicted octanol–water partition coefficient (Wildman–Crippen LogP) is 1.85. The minimum atomic E-state index is -0.0148. The van der Waals surface area contributed by atoms with Crippen LogP contribution < -0.4 is 5.32 Å². The molecule has 0 saturated heterocycles. The SMILES string of the molecule is N#CC1=CC2SC(Nc3cc(CO)ccn3)=NC2C=C1. The summed E-state index contributed by atoms with van der Waals surface area (Å²) in [6.45, 7) is -0.0148. The molecule has 20 heavy (non-hydrogen) atoms. The zero-order valence-electron chi connectivity index (χ0n) is 10.5. The van der Waals surface area contributed by atoms with Crippen LogP contribution in [0.2, 0.25) is 0 Å². The van der Waals surface area contributed by atoms with Gasteiger partial charge in [-0.25, -0.2) is 4.98 Å². The van der Waals surface area contributed by atoms with E-state index in [2.05, 4.69) is 21.4 Å². The van der Waals surface area contributed by atoms with Crippen molar-refractivity contribution in [1.29, 1.82) is 5.26 Å². The summed E-state index contributed by atoms with van der Waals surface area (Å²) in [7, 11) is 0. The third kappa shape index (κ3) is 2.59. The number of nitriles is 1. The van der Waals surface area contributed by atoms with Crippen molar-refractivity contribution in [3.8, 4) is 6.07 Å². The number of thioether (sulfide) groups is 1. The number of amidine groups is 1. The van der Waals surface area contributed by atoms with Gasteiger partial charge in [0.05, 0.1) is 24.0 Å². The summed E-state index contributed by atoms with van der Waals surface area (Å²) in [6, 6.07) is 5.77. The van der Waals surface area contributed by atoms with E-state index in [0.29, 0.717) is 11.4 Å². The van der Waals surface area contributed by atoms with Crippen molar-refractivity contribution in [1.82, 2.24) is 4.98 Å². The fraction of sp³-hybridized carbons (Fsp3) is 0.214. The van der Waals surface area contributed by atoms with E-state index in [1.54, 1.807) is 36.2 Å². The molecule has 6 heteroatoms. The quantitative estimate of drug-likeness (QED) is 0.866. The summed E-state index contributed by atoms with van der Waals surface area (Å²) in [5.41, 5.74) is 1.48. The van der Waals surface area contributed by atoms with Gasteiger partial charge >= 0.3 is 0 Å². The molecule has 1 aliphatic heterocycles. The van der Waals surface area contributed by atoms with E-state index in [1.807, 2.05) is 12.2 Å². The standard InChI is InChI=1S/C14H12N4OS/c15-7-9-1-2-11-12(5-9)20-14(17-11)18-13-6-10(8-19)3-4-16-13/h1-6,11-12,19H,8H2,(H,16,17,18). The molecule has 1 aromatic heterocycles. The smallest absolute Gasteiger partial charge is 0.163 e. The molecule has 2 atom stereocenters. The first kappa shape index (κ1) is 12.9. The zero-order valence-corrected chi connectivity index (χ0v) is 11.3. The molecule has 2 heterocycles. The lowest BCUT2D eigenvalue weighted by atomic mass is 10.0. The predicted molar refractivity (Wildman–Crippen MR) is 79.2 cm³/mol. The Balaban J connectivity index is 1.73. The van der Waals surface area contributed by atoms with E-state index in [9.17, 15) is 0 Å². The summed E-state index contributed by atoms with van der Waals surface area (Å²) in [4.78, 5) is 8.75. The number of aromatic nitrogens is 1. The van der Waals surface area contributed by atoms with Gasteiger partial charge in [0.1, 0.15) is 5.82 Å². The summed E-state index contributed by atoms with van der Waals surface area (Å²) in [6.07, 6.45) is 7.33. The van der Waals surface area contributed by atoms with Crippen molar-refractivity contribution < 1.29 is 5.11 Å². The molecule has 1 aliphatic carbocycles. The molecule has 0 aromatic carbocycles. The highest BCUT2D eigenvalue weighted by Crippen LogP contribution is 2.32. The number of fused-ring (bicyclic) bond motifs is 1. The lowest BCUT2D eigenvalue weighted by Gasteiger charge is -2.12. The number of nitrogens with one attached hydrogen (secondary N) is 1. The lowest BCUT2D eigenvalue weighted by molar-refractivity contribution is 0.282. The van der Waals surface area contributed by atoms with Gasteiger partial charge in [0.2, 0.25) is 0 Å². The average Bonchev–Trinajstić information content (AvgIpc) is 2.88. The van der Waals surface area contributed by atoms with E-state index in [1.165, 1.54) is 0 Å². The number of aliphatic imine (C=N–C) groups is 1. The van der Waals surface area contributed by atoms with Crippen molar-refractivity contribution in [2.75, 3.05) is 5.32 Å². The Labute approximate surface area is 120 Å². The molecule has 5 nitrogen and oxygen atoms in total. The highest BCUT2D eigenvalue weighted by molar-refractivity contribution is 8.15. The largest absolute Gasteiger partial charge is 0.392 e. The second-order valence-electron chi connectivity index (χ2n) is 4.43. The fourth-order valence-electron chi connectivity index (χ4n) is 2.04. The van der Waals surface area contributed by atoms with Gasteiger partial charge in [-0.1, -0.05) is 23.9 Å².